The molecular weight excluding hydrogens is 445 g/mol. The van der Waals surface area contributed by atoms with Crippen molar-refractivity contribution in [2.45, 2.75) is 31.8 Å². The van der Waals surface area contributed by atoms with Crippen molar-refractivity contribution >= 4 is 11.7 Å². The van der Waals surface area contributed by atoms with Gasteiger partial charge in [0.25, 0.3) is 0 Å². The van der Waals surface area contributed by atoms with Crippen LogP contribution in [0.2, 0.25) is 0 Å². The zero-order valence-electron chi connectivity index (χ0n) is 18.5. The first kappa shape index (κ1) is 23.4. The second-order valence-corrected chi connectivity index (χ2v) is 8.57. The van der Waals surface area contributed by atoms with Crippen LogP contribution in [-0.2, 0) is 6.18 Å². The van der Waals surface area contributed by atoms with E-state index in [-0.39, 0.29) is 11.1 Å². The maximum atomic E-state index is 13.7. The summed E-state index contributed by atoms with van der Waals surface area (Å²) in [6.45, 7) is 3.12. The van der Waals surface area contributed by atoms with Crippen LogP contribution in [0.4, 0.5) is 18.9 Å². The Hall–Kier alpha value is -3.78. The molecule has 1 atom stereocenters. The number of nitrogens with zero attached hydrogens (tertiary/aromatic N) is 1. The lowest BCUT2D eigenvalue weighted by molar-refractivity contribution is -0.138. The molecule has 0 aromatic heterocycles. The van der Waals surface area contributed by atoms with E-state index >= 15 is 0 Å². The molecule has 34 heavy (non-hydrogen) atoms. The van der Waals surface area contributed by atoms with Crippen molar-refractivity contribution in [1.82, 2.24) is 5.32 Å². The van der Waals surface area contributed by atoms with Crippen LogP contribution < -0.4 is 10.2 Å². The number of rotatable bonds is 5. The summed E-state index contributed by atoms with van der Waals surface area (Å²) < 4.78 is 41.2. The fraction of sp³-hybridized carbons (Fsp3) is 0.192. The Bertz CT molecular complexity index is 1230. The lowest BCUT2D eigenvalue weighted by Crippen LogP contribution is -2.34. The monoisotopic (exact) mass is 468 g/mol. The zero-order chi connectivity index (χ0) is 24.7. The summed E-state index contributed by atoms with van der Waals surface area (Å²) in [4.78, 5) is 12.7. The highest BCUT2D eigenvalue weighted by molar-refractivity contribution is 5.88. The van der Waals surface area contributed by atoms with Gasteiger partial charge >= 0.3 is 12.1 Å². The fourth-order valence-corrected chi connectivity index (χ4v) is 3.88. The molecule has 5 nitrogen and oxygen atoms in total. The van der Waals surface area contributed by atoms with Crippen molar-refractivity contribution in [2.24, 2.45) is 0 Å². The Balaban J connectivity index is 1.71. The van der Waals surface area contributed by atoms with Crippen LogP contribution in [-0.4, -0.2) is 21.8 Å². The van der Waals surface area contributed by atoms with Gasteiger partial charge in [0.05, 0.1) is 22.4 Å². The highest BCUT2D eigenvalue weighted by Crippen LogP contribution is 2.40. The number of hydrogen-bond acceptors (Lipinski definition) is 4. The number of aromatic carboxylic acids is 1. The van der Waals surface area contributed by atoms with E-state index in [0.29, 0.717) is 11.4 Å². The van der Waals surface area contributed by atoms with E-state index in [0.717, 1.165) is 17.2 Å². The van der Waals surface area contributed by atoms with E-state index in [1.165, 1.54) is 24.3 Å². The van der Waals surface area contributed by atoms with Crippen molar-refractivity contribution < 1.29 is 28.2 Å². The van der Waals surface area contributed by atoms with E-state index in [1.807, 2.05) is 12.1 Å². The van der Waals surface area contributed by atoms with Crippen LogP contribution in [0, 0.1) is 0 Å². The van der Waals surface area contributed by atoms with Gasteiger partial charge in [-0.15, -0.1) is 0 Å². The molecule has 0 saturated carbocycles. The highest BCUT2D eigenvalue weighted by atomic mass is 19.4. The first-order valence-corrected chi connectivity index (χ1v) is 10.5. The van der Waals surface area contributed by atoms with Gasteiger partial charge in [-0.3, -0.25) is 0 Å². The van der Waals surface area contributed by atoms with E-state index < -0.39 is 29.5 Å². The molecular formula is C26H23F3N2O3. The first-order valence-electron chi connectivity index (χ1n) is 10.5. The molecule has 0 bridgehead atoms. The Morgan fingerprint density at radius 1 is 0.912 bits per heavy atom. The molecule has 0 aliphatic carbocycles. The molecule has 1 aliphatic heterocycles. The van der Waals surface area contributed by atoms with Gasteiger partial charge in [0, 0.05) is 17.5 Å². The molecule has 0 radical (unpaired) electrons. The molecule has 176 valence electrons. The van der Waals surface area contributed by atoms with Crippen LogP contribution in [0.15, 0.2) is 84.7 Å². The third-order valence-corrected chi connectivity index (χ3v) is 5.69. The molecule has 3 N–H and O–H groups in total. The smallest absolute Gasteiger partial charge is 0.416 e. The Labute approximate surface area is 194 Å². The lowest BCUT2D eigenvalue weighted by atomic mass is 10.0. The summed E-state index contributed by atoms with van der Waals surface area (Å²) in [7, 11) is 0. The summed E-state index contributed by atoms with van der Waals surface area (Å²) >= 11 is 0. The van der Waals surface area contributed by atoms with Crippen LogP contribution >= 0.6 is 0 Å². The van der Waals surface area contributed by atoms with Crippen molar-refractivity contribution in [3.63, 3.8) is 0 Å². The second kappa shape index (κ2) is 8.53. The van der Waals surface area contributed by atoms with E-state index in [1.54, 1.807) is 55.3 Å². The molecule has 4 rings (SSSR count). The molecule has 0 saturated heterocycles. The number of anilines is 1. The second-order valence-electron chi connectivity index (χ2n) is 8.57. The number of carboxylic acids is 1. The van der Waals surface area contributed by atoms with Gasteiger partial charge < -0.3 is 20.4 Å². The topological polar surface area (TPSA) is 72.8 Å². The number of halogens is 3. The van der Waals surface area contributed by atoms with Gasteiger partial charge in [-0.25, -0.2) is 4.79 Å². The van der Waals surface area contributed by atoms with Gasteiger partial charge in [-0.2, -0.15) is 13.2 Å². The van der Waals surface area contributed by atoms with Gasteiger partial charge in [-0.1, -0.05) is 42.5 Å². The average molecular weight is 468 g/mol. The minimum absolute atomic E-state index is 0.0406. The summed E-state index contributed by atoms with van der Waals surface area (Å²) in [6, 6.07) is 19.0. The molecule has 1 aliphatic rings. The summed E-state index contributed by atoms with van der Waals surface area (Å²) in [5.74, 6) is -1.01. The van der Waals surface area contributed by atoms with Crippen molar-refractivity contribution in [1.29, 1.82) is 0 Å². The summed E-state index contributed by atoms with van der Waals surface area (Å²) in [5, 5.41) is 22.6. The number of aliphatic hydroxyl groups is 1. The van der Waals surface area contributed by atoms with Gasteiger partial charge in [0.1, 0.15) is 6.17 Å². The first-order chi connectivity index (χ1) is 15.9. The van der Waals surface area contributed by atoms with Crippen LogP contribution in [0.5, 0.6) is 0 Å². The molecule has 0 amide bonds. The van der Waals surface area contributed by atoms with Crippen LogP contribution in [0.3, 0.4) is 0 Å². The molecule has 1 heterocycles. The minimum atomic E-state index is -4.53. The number of hydrogen-bond donors (Lipinski definition) is 3. The fourth-order valence-electron chi connectivity index (χ4n) is 3.88. The number of benzene rings is 3. The van der Waals surface area contributed by atoms with Gasteiger partial charge in [0.15, 0.2) is 0 Å². The maximum absolute atomic E-state index is 13.7. The van der Waals surface area contributed by atoms with E-state index in [9.17, 15) is 23.1 Å². The number of carbonyl (C=O) groups is 1. The molecule has 3 aromatic carbocycles. The lowest BCUT2D eigenvalue weighted by Gasteiger charge is -2.29. The minimum Gasteiger partial charge on any atom is -0.478 e. The number of alkyl halides is 3. The quantitative estimate of drug-likeness (QED) is 0.442. The summed E-state index contributed by atoms with van der Waals surface area (Å²) in [6.07, 6.45) is -3.79. The Kier molecular flexibility index (Phi) is 5.87. The van der Waals surface area contributed by atoms with Gasteiger partial charge in [0.2, 0.25) is 0 Å². The maximum Gasteiger partial charge on any atom is 0.416 e. The third-order valence-electron chi connectivity index (χ3n) is 5.69. The highest BCUT2D eigenvalue weighted by Gasteiger charge is 2.39. The van der Waals surface area contributed by atoms with E-state index in [2.05, 4.69) is 5.32 Å². The number of nitrogens with one attached hydrogen (secondary N) is 1. The Morgan fingerprint density at radius 3 is 2.00 bits per heavy atom. The standard InChI is InChI=1S/C26H23F3N2O3/c1-25(2,34)22-15-31(23(30-22)20-5-3-4-6-21(20)26(27,28)29)19-13-11-17(12-14-19)16-7-9-18(10-8-16)24(32)33/h3-15,23,30,34H,1-2H3,(H,32,33). The Morgan fingerprint density at radius 2 is 1.47 bits per heavy atom. The molecule has 8 heteroatoms. The van der Waals surface area contributed by atoms with Crippen molar-refractivity contribution in [2.75, 3.05) is 4.90 Å². The number of carboxylic acid groups (broad SMARTS) is 1. The largest absolute Gasteiger partial charge is 0.478 e. The normalized spacial score (nSPS) is 16.2. The van der Waals surface area contributed by atoms with Crippen molar-refractivity contribution in [3.8, 4) is 11.1 Å². The van der Waals surface area contributed by atoms with Gasteiger partial charge in [-0.05, 0) is 55.3 Å². The van der Waals surface area contributed by atoms with Crippen LogP contribution in [0.1, 0.15) is 41.5 Å². The molecule has 0 fully saturated rings. The average Bonchev–Trinajstić information content (AvgIpc) is 3.25. The van der Waals surface area contributed by atoms with Crippen LogP contribution in [0.25, 0.3) is 11.1 Å². The van der Waals surface area contributed by atoms with Crippen molar-refractivity contribution in [3.05, 3.63) is 101 Å². The molecule has 3 aromatic rings. The zero-order valence-corrected chi connectivity index (χ0v) is 18.5. The van der Waals surface area contributed by atoms with E-state index in [4.69, 9.17) is 5.11 Å². The predicted molar refractivity (Wildman–Crippen MR) is 123 cm³/mol. The molecule has 1 unspecified atom stereocenters. The SMILES string of the molecule is CC(C)(O)C1=CN(c2ccc(-c3ccc(C(=O)O)cc3)cc2)C(c2ccccc2C(F)(F)F)N1. The summed E-state index contributed by atoms with van der Waals surface area (Å²) in [5.41, 5.74) is 0.833. The molecule has 0 spiro atoms. The predicted octanol–water partition coefficient (Wildman–Crippen LogP) is 5.79. The third kappa shape index (κ3) is 4.63.